The van der Waals surface area contributed by atoms with Gasteiger partial charge in [0, 0.05) is 5.69 Å². The number of fused-ring (bicyclic) bond motifs is 1. The number of hydrogen-bond acceptors (Lipinski definition) is 5. The zero-order valence-corrected chi connectivity index (χ0v) is 16.3. The molecule has 1 aromatic rings. The minimum Gasteiger partial charge on any atom is -0.460 e. The first-order chi connectivity index (χ1) is 11.8. The van der Waals surface area contributed by atoms with Crippen molar-refractivity contribution in [2.45, 2.75) is 71.0 Å². The first-order valence-corrected chi connectivity index (χ1v) is 8.67. The van der Waals surface area contributed by atoms with Crippen molar-refractivity contribution in [2.24, 2.45) is 0 Å². The third kappa shape index (κ3) is 4.62. The number of para-hydroxylation sites is 1. The first-order valence-electron chi connectivity index (χ1n) is 8.67. The molecule has 1 N–H and O–H groups in total. The molecule has 6 nitrogen and oxygen atoms in total. The van der Waals surface area contributed by atoms with Crippen LogP contribution >= 0.6 is 0 Å². The SMILES string of the molecule is CC(C)(C)OC(=O)CC1(CC(=O)OC(C)(C)C)C(=O)Nc2ccccc21. The third-order valence-corrected chi connectivity index (χ3v) is 3.86. The average Bonchev–Trinajstić information content (AvgIpc) is 2.67. The van der Waals surface area contributed by atoms with Crippen molar-refractivity contribution >= 4 is 23.5 Å². The van der Waals surface area contributed by atoms with Crippen LogP contribution in [-0.2, 0) is 29.3 Å². The fourth-order valence-electron chi connectivity index (χ4n) is 3.04. The van der Waals surface area contributed by atoms with Crippen LogP contribution < -0.4 is 5.32 Å². The van der Waals surface area contributed by atoms with Crippen molar-refractivity contribution in [3.8, 4) is 0 Å². The van der Waals surface area contributed by atoms with E-state index in [1.54, 1.807) is 65.8 Å². The Morgan fingerprint density at radius 2 is 1.38 bits per heavy atom. The topological polar surface area (TPSA) is 81.7 Å². The van der Waals surface area contributed by atoms with Crippen LogP contribution in [0.25, 0.3) is 0 Å². The highest BCUT2D eigenvalue weighted by Gasteiger charge is 2.51. The lowest BCUT2D eigenvalue weighted by atomic mass is 9.75. The summed E-state index contributed by atoms with van der Waals surface area (Å²) in [5.41, 5.74) is -1.48. The predicted octanol–water partition coefficient (Wildman–Crippen LogP) is 3.34. The van der Waals surface area contributed by atoms with Gasteiger partial charge in [-0.2, -0.15) is 0 Å². The van der Waals surface area contributed by atoms with Gasteiger partial charge in [-0.3, -0.25) is 14.4 Å². The average molecular weight is 361 g/mol. The molecular formula is C20H27NO5. The van der Waals surface area contributed by atoms with E-state index >= 15 is 0 Å². The fourth-order valence-corrected chi connectivity index (χ4v) is 3.04. The Morgan fingerprint density at radius 3 is 1.85 bits per heavy atom. The number of rotatable bonds is 4. The Balaban J connectivity index is 2.38. The molecule has 1 aromatic carbocycles. The number of nitrogens with one attached hydrogen (secondary N) is 1. The number of anilines is 1. The summed E-state index contributed by atoms with van der Waals surface area (Å²) in [4.78, 5) is 37.8. The molecule has 0 bridgehead atoms. The highest BCUT2D eigenvalue weighted by Crippen LogP contribution is 2.43. The molecule has 0 radical (unpaired) electrons. The molecule has 0 aromatic heterocycles. The second-order valence-corrected chi connectivity index (χ2v) is 8.61. The minimum absolute atomic E-state index is 0.230. The molecular weight excluding hydrogens is 334 g/mol. The van der Waals surface area contributed by atoms with E-state index in [1.165, 1.54) is 0 Å². The van der Waals surface area contributed by atoms with Crippen molar-refractivity contribution < 1.29 is 23.9 Å². The number of carbonyl (C=O) groups is 3. The molecule has 0 unspecified atom stereocenters. The van der Waals surface area contributed by atoms with Crippen molar-refractivity contribution in [1.29, 1.82) is 0 Å². The Kier molecular flexibility index (Phi) is 5.17. The van der Waals surface area contributed by atoms with Crippen molar-refractivity contribution in [3.05, 3.63) is 29.8 Å². The second kappa shape index (κ2) is 6.74. The van der Waals surface area contributed by atoms with Gasteiger partial charge in [0.15, 0.2) is 0 Å². The van der Waals surface area contributed by atoms with Crippen LogP contribution in [0.1, 0.15) is 59.9 Å². The first kappa shape index (κ1) is 19.9. The van der Waals surface area contributed by atoms with Gasteiger partial charge in [0.25, 0.3) is 0 Å². The Bertz CT molecular complexity index is 694. The van der Waals surface area contributed by atoms with Gasteiger partial charge < -0.3 is 14.8 Å². The van der Waals surface area contributed by atoms with Crippen LogP contribution in [0.4, 0.5) is 5.69 Å². The van der Waals surface area contributed by atoms with Crippen molar-refractivity contribution in [1.82, 2.24) is 0 Å². The van der Waals surface area contributed by atoms with Crippen LogP contribution in [-0.4, -0.2) is 29.0 Å². The van der Waals surface area contributed by atoms with Gasteiger partial charge in [0.1, 0.15) is 11.2 Å². The molecule has 1 aliphatic heterocycles. The summed E-state index contributed by atoms with van der Waals surface area (Å²) in [6, 6.07) is 7.06. The molecule has 26 heavy (non-hydrogen) atoms. The maximum Gasteiger partial charge on any atom is 0.307 e. The maximum absolute atomic E-state index is 12.8. The Morgan fingerprint density at radius 1 is 0.923 bits per heavy atom. The number of benzene rings is 1. The molecule has 6 heteroatoms. The molecule has 1 aliphatic rings. The molecule has 0 aliphatic carbocycles. The molecule has 0 atom stereocenters. The van der Waals surface area contributed by atoms with Crippen LogP contribution in [0.3, 0.4) is 0 Å². The molecule has 1 amide bonds. The third-order valence-electron chi connectivity index (χ3n) is 3.86. The van der Waals surface area contributed by atoms with Gasteiger partial charge in [0.05, 0.1) is 18.3 Å². The van der Waals surface area contributed by atoms with Crippen LogP contribution in [0.2, 0.25) is 0 Å². The summed E-state index contributed by atoms with van der Waals surface area (Å²) in [5.74, 6) is -1.46. The van der Waals surface area contributed by atoms with E-state index in [-0.39, 0.29) is 12.8 Å². The number of esters is 2. The molecule has 2 rings (SSSR count). The minimum atomic E-state index is -1.33. The summed E-state index contributed by atoms with van der Waals surface area (Å²) in [6.45, 7) is 10.5. The van der Waals surface area contributed by atoms with Gasteiger partial charge in [-0.1, -0.05) is 18.2 Å². The lowest BCUT2D eigenvalue weighted by Crippen LogP contribution is -2.42. The maximum atomic E-state index is 12.8. The summed E-state index contributed by atoms with van der Waals surface area (Å²) in [6.07, 6.45) is -0.460. The predicted molar refractivity (Wildman–Crippen MR) is 97.7 cm³/mol. The number of amides is 1. The fraction of sp³-hybridized carbons (Fsp3) is 0.550. The molecule has 142 valence electrons. The smallest absolute Gasteiger partial charge is 0.307 e. The van der Waals surface area contributed by atoms with Crippen LogP contribution in [0, 0.1) is 0 Å². The second-order valence-electron chi connectivity index (χ2n) is 8.61. The zero-order chi connectivity index (χ0) is 19.8. The van der Waals surface area contributed by atoms with E-state index in [2.05, 4.69) is 5.32 Å². The zero-order valence-electron chi connectivity index (χ0n) is 16.3. The summed E-state index contributed by atoms with van der Waals surface area (Å²) in [7, 11) is 0. The number of carbonyl (C=O) groups excluding carboxylic acids is 3. The largest absolute Gasteiger partial charge is 0.460 e. The molecule has 1 heterocycles. The van der Waals surface area contributed by atoms with Gasteiger partial charge in [-0.05, 0) is 53.2 Å². The monoisotopic (exact) mass is 361 g/mol. The van der Waals surface area contributed by atoms with E-state index in [0.717, 1.165) is 0 Å². The van der Waals surface area contributed by atoms with Gasteiger partial charge in [-0.15, -0.1) is 0 Å². The van der Waals surface area contributed by atoms with E-state index in [0.29, 0.717) is 11.3 Å². The normalized spacial score (nSPS) is 15.8. The molecule has 0 saturated carbocycles. The Labute approximate surface area is 154 Å². The van der Waals surface area contributed by atoms with Crippen molar-refractivity contribution in [2.75, 3.05) is 5.32 Å². The Hall–Kier alpha value is -2.37. The summed E-state index contributed by atoms with van der Waals surface area (Å²) in [5, 5.41) is 2.77. The van der Waals surface area contributed by atoms with Crippen molar-refractivity contribution in [3.63, 3.8) is 0 Å². The van der Waals surface area contributed by atoms with E-state index in [4.69, 9.17) is 9.47 Å². The van der Waals surface area contributed by atoms with E-state index in [1.807, 2.05) is 0 Å². The standard InChI is InChI=1S/C20H27NO5/c1-18(2,3)25-15(22)11-20(12-16(23)26-19(4,5)6)13-9-7-8-10-14(13)21-17(20)24/h7-10H,11-12H2,1-6H3,(H,21,24). The van der Waals surface area contributed by atoms with Gasteiger partial charge in [-0.25, -0.2) is 0 Å². The highest BCUT2D eigenvalue weighted by molar-refractivity contribution is 6.09. The molecule has 0 fully saturated rings. The summed E-state index contributed by atoms with van der Waals surface area (Å²) >= 11 is 0. The number of hydrogen-bond donors (Lipinski definition) is 1. The van der Waals surface area contributed by atoms with E-state index < -0.39 is 34.5 Å². The lowest BCUT2D eigenvalue weighted by Gasteiger charge is -2.29. The number of ether oxygens (including phenoxy) is 2. The molecule has 0 spiro atoms. The van der Waals surface area contributed by atoms with Gasteiger partial charge >= 0.3 is 11.9 Å². The van der Waals surface area contributed by atoms with E-state index in [9.17, 15) is 14.4 Å². The highest BCUT2D eigenvalue weighted by atomic mass is 16.6. The van der Waals surface area contributed by atoms with Gasteiger partial charge in [0.2, 0.25) is 5.91 Å². The molecule has 0 saturated heterocycles. The van der Waals surface area contributed by atoms with Crippen LogP contribution in [0.15, 0.2) is 24.3 Å². The lowest BCUT2D eigenvalue weighted by molar-refractivity contribution is -0.161. The summed E-state index contributed by atoms with van der Waals surface area (Å²) < 4.78 is 10.8. The quantitative estimate of drug-likeness (QED) is 0.832. The van der Waals surface area contributed by atoms with Crippen LogP contribution in [0.5, 0.6) is 0 Å².